The predicted octanol–water partition coefficient (Wildman–Crippen LogP) is 2.13. The van der Waals surface area contributed by atoms with Gasteiger partial charge in [-0.3, -0.25) is 14.9 Å². The summed E-state index contributed by atoms with van der Waals surface area (Å²) in [5.41, 5.74) is 6.81. The van der Waals surface area contributed by atoms with Gasteiger partial charge in [0.1, 0.15) is 5.82 Å². The first-order valence-corrected chi connectivity index (χ1v) is 5.76. The second-order valence-corrected chi connectivity index (χ2v) is 4.13. The lowest BCUT2D eigenvalue weighted by atomic mass is 10.2. The van der Waals surface area contributed by atoms with Crippen LogP contribution in [0.4, 0.5) is 17.2 Å². The Morgan fingerprint density at radius 3 is 2.75 bits per heavy atom. The van der Waals surface area contributed by atoms with Gasteiger partial charge in [0.15, 0.2) is 0 Å². The topological polar surface area (TPSA) is 111 Å². The zero-order chi connectivity index (χ0) is 14.7. The number of aryl methyl sites for hydroxylation is 1. The Balaban J connectivity index is 2.21. The van der Waals surface area contributed by atoms with Gasteiger partial charge in [0.25, 0.3) is 11.6 Å². The number of rotatable bonds is 3. The van der Waals surface area contributed by atoms with E-state index in [4.69, 9.17) is 5.73 Å². The third-order valence-electron chi connectivity index (χ3n) is 2.69. The van der Waals surface area contributed by atoms with Gasteiger partial charge in [-0.05, 0) is 25.1 Å². The number of non-ortho nitro benzene ring substituents is 1. The average molecular weight is 272 g/mol. The number of nitrogens with one attached hydrogen (secondary N) is 1. The van der Waals surface area contributed by atoms with Crippen LogP contribution in [0.15, 0.2) is 36.4 Å². The lowest BCUT2D eigenvalue weighted by Crippen LogP contribution is -2.13. The number of anilines is 2. The van der Waals surface area contributed by atoms with Crippen LogP contribution in [0.1, 0.15) is 16.1 Å². The predicted molar refractivity (Wildman–Crippen MR) is 74.4 cm³/mol. The van der Waals surface area contributed by atoms with Gasteiger partial charge in [-0.1, -0.05) is 6.07 Å². The highest BCUT2D eigenvalue weighted by Crippen LogP contribution is 2.16. The van der Waals surface area contributed by atoms with E-state index in [1.165, 1.54) is 24.3 Å². The SMILES string of the molecule is Cc1nc(NC(=O)c2cccc([N+](=O)[O-])c2)ccc1N. The number of carbonyl (C=O) groups excluding carboxylic acids is 1. The Bertz CT molecular complexity index is 685. The minimum Gasteiger partial charge on any atom is -0.397 e. The van der Waals surface area contributed by atoms with Crippen LogP contribution in [-0.2, 0) is 0 Å². The van der Waals surface area contributed by atoms with Crippen LogP contribution < -0.4 is 11.1 Å². The van der Waals surface area contributed by atoms with Crippen LogP contribution in [0.2, 0.25) is 0 Å². The van der Waals surface area contributed by atoms with E-state index in [-0.39, 0.29) is 11.3 Å². The van der Waals surface area contributed by atoms with Crippen molar-refractivity contribution >= 4 is 23.1 Å². The Kier molecular flexibility index (Phi) is 3.60. The molecular formula is C13H12N4O3. The smallest absolute Gasteiger partial charge is 0.270 e. The van der Waals surface area contributed by atoms with Gasteiger partial charge < -0.3 is 11.1 Å². The third kappa shape index (κ3) is 2.89. The fourth-order valence-corrected chi connectivity index (χ4v) is 1.59. The van der Waals surface area contributed by atoms with Crippen molar-refractivity contribution in [3.8, 4) is 0 Å². The molecule has 0 aliphatic rings. The summed E-state index contributed by atoms with van der Waals surface area (Å²) >= 11 is 0. The van der Waals surface area contributed by atoms with Gasteiger partial charge in [-0.15, -0.1) is 0 Å². The largest absolute Gasteiger partial charge is 0.397 e. The fourth-order valence-electron chi connectivity index (χ4n) is 1.59. The van der Waals surface area contributed by atoms with Gasteiger partial charge in [0.2, 0.25) is 0 Å². The van der Waals surface area contributed by atoms with Crippen LogP contribution in [-0.4, -0.2) is 15.8 Å². The summed E-state index contributed by atoms with van der Waals surface area (Å²) in [6.45, 7) is 1.72. The normalized spacial score (nSPS) is 10.1. The van der Waals surface area contributed by atoms with Crippen LogP contribution in [0, 0.1) is 17.0 Å². The van der Waals surface area contributed by atoms with E-state index < -0.39 is 10.8 Å². The zero-order valence-corrected chi connectivity index (χ0v) is 10.7. The van der Waals surface area contributed by atoms with E-state index in [0.717, 1.165) is 0 Å². The molecule has 0 saturated heterocycles. The molecule has 0 bridgehead atoms. The van der Waals surface area contributed by atoms with Crippen molar-refractivity contribution in [2.24, 2.45) is 0 Å². The minimum absolute atomic E-state index is 0.140. The summed E-state index contributed by atoms with van der Waals surface area (Å²) in [7, 11) is 0. The van der Waals surface area contributed by atoms with Crippen molar-refractivity contribution in [1.29, 1.82) is 0 Å². The number of hydrogen-bond donors (Lipinski definition) is 2. The highest BCUT2D eigenvalue weighted by Gasteiger charge is 2.12. The molecule has 0 aliphatic carbocycles. The molecule has 1 amide bonds. The standard InChI is InChI=1S/C13H12N4O3/c1-8-11(14)5-6-12(15-8)16-13(18)9-3-2-4-10(7-9)17(19)20/h2-7H,14H2,1H3,(H,15,16,18). The summed E-state index contributed by atoms with van der Waals surface area (Å²) in [5.74, 6) is -0.126. The van der Waals surface area contributed by atoms with E-state index in [2.05, 4.69) is 10.3 Å². The average Bonchev–Trinajstić information content (AvgIpc) is 2.43. The summed E-state index contributed by atoms with van der Waals surface area (Å²) in [5, 5.41) is 13.2. The number of hydrogen-bond acceptors (Lipinski definition) is 5. The highest BCUT2D eigenvalue weighted by molar-refractivity contribution is 6.04. The molecule has 0 fully saturated rings. The van der Waals surface area contributed by atoms with Gasteiger partial charge in [0, 0.05) is 17.7 Å². The Morgan fingerprint density at radius 1 is 1.35 bits per heavy atom. The number of aromatic nitrogens is 1. The molecule has 102 valence electrons. The number of carbonyl (C=O) groups is 1. The molecule has 0 spiro atoms. The molecule has 2 aromatic rings. The lowest BCUT2D eigenvalue weighted by molar-refractivity contribution is -0.384. The van der Waals surface area contributed by atoms with E-state index in [9.17, 15) is 14.9 Å². The van der Waals surface area contributed by atoms with Crippen molar-refractivity contribution in [1.82, 2.24) is 4.98 Å². The highest BCUT2D eigenvalue weighted by atomic mass is 16.6. The van der Waals surface area contributed by atoms with Crippen LogP contribution >= 0.6 is 0 Å². The van der Waals surface area contributed by atoms with Gasteiger partial charge in [-0.2, -0.15) is 0 Å². The van der Waals surface area contributed by atoms with Crippen LogP contribution in [0.3, 0.4) is 0 Å². The van der Waals surface area contributed by atoms with E-state index in [1.807, 2.05) is 0 Å². The Morgan fingerprint density at radius 2 is 2.10 bits per heavy atom. The summed E-state index contributed by atoms with van der Waals surface area (Å²) in [4.78, 5) is 26.2. The second kappa shape index (κ2) is 5.35. The molecule has 0 aliphatic heterocycles. The maximum absolute atomic E-state index is 12.0. The maximum atomic E-state index is 12.0. The number of pyridine rings is 1. The first-order chi connectivity index (χ1) is 9.47. The summed E-state index contributed by atoms with van der Waals surface area (Å²) in [6.07, 6.45) is 0. The molecule has 7 nitrogen and oxygen atoms in total. The number of benzene rings is 1. The molecule has 1 heterocycles. The van der Waals surface area contributed by atoms with Crippen molar-refractivity contribution in [2.75, 3.05) is 11.1 Å². The first kappa shape index (κ1) is 13.5. The molecule has 3 N–H and O–H groups in total. The van der Waals surface area contributed by atoms with Crippen molar-refractivity contribution in [3.63, 3.8) is 0 Å². The molecule has 1 aromatic heterocycles. The number of nitrogen functional groups attached to an aromatic ring is 1. The van der Waals surface area contributed by atoms with Gasteiger partial charge in [0.05, 0.1) is 16.3 Å². The summed E-state index contributed by atoms with van der Waals surface area (Å²) in [6, 6.07) is 8.67. The van der Waals surface area contributed by atoms with E-state index >= 15 is 0 Å². The molecule has 0 atom stereocenters. The molecule has 1 aromatic carbocycles. The Hall–Kier alpha value is -2.96. The quantitative estimate of drug-likeness (QED) is 0.656. The molecule has 0 saturated carbocycles. The number of amides is 1. The number of nitrogens with zero attached hydrogens (tertiary/aromatic N) is 2. The van der Waals surface area contributed by atoms with E-state index in [0.29, 0.717) is 17.2 Å². The molecule has 20 heavy (non-hydrogen) atoms. The maximum Gasteiger partial charge on any atom is 0.270 e. The van der Waals surface area contributed by atoms with Crippen molar-refractivity contribution in [3.05, 3.63) is 57.8 Å². The first-order valence-electron chi connectivity index (χ1n) is 5.76. The molecule has 0 unspecified atom stereocenters. The molecular weight excluding hydrogens is 260 g/mol. The van der Waals surface area contributed by atoms with Gasteiger partial charge in [-0.25, -0.2) is 4.98 Å². The van der Waals surface area contributed by atoms with Crippen LogP contribution in [0.5, 0.6) is 0 Å². The van der Waals surface area contributed by atoms with Gasteiger partial charge >= 0.3 is 0 Å². The number of nitrogens with two attached hydrogens (primary N) is 1. The van der Waals surface area contributed by atoms with E-state index in [1.54, 1.807) is 19.1 Å². The molecule has 0 radical (unpaired) electrons. The number of nitro groups is 1. The fraction of sp³-hybridized carbons (Fsp3) is 0.0769. The lowest BCUT2D eigenvalue weighted by Gasteiger charge is -2.06. The van der Waals surface area contributed by atoms with Crippen molar-refractivity contribution in [2.45, 2.75) is 6.92 Å². The van der Waals surface area contributed by atoms with Crippen LogP contribution in [0.25, 0.3) is 0 Å². The zero-order valence-electron chi connectivity index (χ0n) is 10.7. The molecule has 7 heteroatoms. The molecule has 2 rings (SSSR count). The number of nitro benzene ring substituents is 1. The second-order valence-electron chi connectivity index (χ2n) is 4.13. The Labute approximate surface area is 114 Å². The minimum atomic E-state index is -0.553. The van der Waals surface area contributed by atoms with Crippen molar-refractivity contribution < 1.29 is 9.72 Å². The monoisotopic (exact) mass is 272 g/mol. The summed E-state index contributed by atoms with van der Waals surface area (Å²) < 4.78 is 0. The third-order valence-corrected chi connectivity index (χ3v) is 2.69.